The third kappa shape index (κ3) is 9.24. The van der Waals surface area contributed by atoms with Gasteiger partial charge in [-0.05, 0) is 55.8 Å². The summed E-state index contributed by atoms with van der Waals surface area (Å²) >= 11 is 0. The number of likely N-dealkylation sites (N-methyl/N-ethyl adjacent to an activating group) is 1. The molecule has 0 fully saturated rings. The van der Waals surface area contributed by atoms with E-state index in [2.05, 4.69) is 45.2 Å². The molecule has 186 valence electrons. The number of carbonyl (C=O) groups is 1. The van der Waals surface area contributed by atoms with Crippen LogP contribution in [0.15, 0.2) is 89.9 Å². The first kappa shape index (κ1) is 26.5. The lowest BCUT2D eigenvalue weighted by molar-refractivity contribution is -0.121. The van der Waals surface area contributed by atoms with Crippen LogP contribution >= 0.6 is 0 Å². The minimum absolute atomic E-state index is 0.0138. The van der Waals surface area contributed by atoms with Crippen molar-refractivity contribution in [3.05, 3.63) is 90.5 Å². The average Bonchev–Trinajstić information content (AvgIpc) is 2.89. The maximum Gasteiger partial charge on any atom is 0.220 e. The van der Waals surface area contributed by atoms with Crippen molar-refractivity contribution < 1.29 is 4.79 Å². The van der Waals surface area contributed by atoms with Crippen molar-refractivity contribution in [1.29, 1.82) is 5.26 Å². The van der Waals surface area contributed by atoms with Gasteiger partial charge in [0.2, 0.25) is 18.1 Å². The van der Waals surface area contributed by atoms with Gasteiger partial charge in [0.1, 0.15) is 0 Å². The summed E-state index contributed by atoms with van der Waals surface area (Å²) in [7, 11) is 3.95. The van der Waals surface area contributed by atoms with Crippen LogP contribution in [0.1, 0.15) is 18.4 Å². The van der Waals surface area contributed by atoms with Crippen LogP contribution in [-0.4, -0.2) is 50.0 Å². The molecule has 0 unspecified atom stereocenters. The van der Waals surface area contributed by atoms with Crippen molar-refractivity contribution in [3.8, 4) is 17.3 Å². The molecule has 3 rings (SSSR count). The predicted molar refractivity (Wildman–Crippen MR) is 146 cm³/mol. The van der Waals surface area contributed by atoms with Crippen molar-refractivity contribution >= 4 is 17.6 Å². The van der Waals surface area contributed by atoms with Crippen LogP contribution in [0.25, 0.3) is 11.1 Å². The van der Waals surface area contributed by atoms with Crippen LogP contribution in [0.3, 0.4) is 0 Å². The summed E-state index contributed by atoms with van der Waals surface area (Å²) in [5.41, 5.74) is 4.21. The number of hydrogen-bond donors (Lipinski definition) is 3. The third-order valence-corrected chi connectivity index (χ3v) is 5.68. The van der Waals surface area contributed by atoms with Crippen molar-refractivity contribution in [2.45, 2.75) is 25.3 Å². The maximum absolute atomic E-state index is 12.4. The van der Waals surface area contributed by atoms with Gasteiger partial charge in [-0.2, -0.15) is 5.26 Å². The summed E-state index contributed by atoms with van der Waals surface area (Å²) in [5, 5.41) is 18.8. The Bertz CT molecular complexity index is 1140. The lowest BCUT2D eigenvalue weighted by Gasteiger charge is -2.21. The number of benzene rings is 3. The molecule has 3 aromatic rings. The quantitative estimate of drug-likeness (QED) is 0.216. The van der Waals surface area contributed by atoms with Crippen molar-refractivity contribution in [2.24, 2.45) is 4.99 Å². The Morgan fingerprint density at radius 3 is 2.22 bits per heavy atom. The van der Waals surface area contributed by atoms with Gasteiger partial charge in [-0.15, -0.1) is 4.99 Å². The number of nitrogens with zero attached hydrogens (tertiary/aromatic N) is 3. The van der Waals surface area contributed by atoms with Crippen LogP contribution in [0.5, 0.6) is 0 Å². The van der Waals surface area contributed by atoms with E-state index in [4.69, 9.17) is 0 Å². The molecule has 0 radical (unpaired) electrons. The van der Waals surface area contributed by atoms with E-state index in [-0.39, 0.29) is 11.9 Å². The van der Waals surface area contributed by atoms with Gasteiger partial charge in [-0.25, -0.2) is 0 Å². The lowest BCUT2D eigenvalue weighted by atomic mass is 10.0. The highest BCUT2D eigenvalue weighted by atomic mass is 16.1. The molecular weight excluding hydrogens is 448 g/mol. The van der Waals surface area contributed by atoms with Crippen molar-refractivity contribution in [3.63, 3.8) is 0 Å². The molecule has 0 heterocycles. The number of rotatable bonds is 11. The summed E-state index contributed by atoms with van der Waals surface area (Å²) < 4.78 is 0. The lowest BCUT2D eigenvalue weighted by Crippen LogP contribution is -2.41. The fourth-order valence-corrected chi connectivity index (χ4v) is 3.79. The summed E-state index contributed by atoms with van der Waals surface area (Å²) in [6.45, 7) is 1.41. The summed E-state index contributed by atoms with van der Waals surface area (Å²) in [5.74, 6) is 0.374. The van der Waals surface area contributed by atoms with E-state index in [0.717, 1.165) is 28.9 Å². The minimum Gasteiger partial charge on any atom is -0.355 e. The fourth-order valence-electron chi connectivity index (χ4n) is 3.79. The number of guanidine groups is 1. The monoisotopic (exact) mass is 482 g/mol. The second-order valence-electron chi connectivity index (χ2n) is 8.85. The summed E-state index contributed by atoms with van der Waals surface area (Å²) in [6, 6.07) is 28.1. The smallest absolute Gasteiger partial charge is 0.220 e. The molecule has 0 aliphatic carbocycles. The molecule has 1 amide bonds. The standard InChI is InChI=1S/C29H34N6O/c1-35(2)20-19-31-28(36)18-17-27(21-23-9-5-3-6-10-23)34-29(32-22-30)33-26-15-13-25(14-16-26)24-11-7-4-8-12-24/h3-16,27H,17-21H2,1-2H3,(H,31,36)(H2,32,33,34)/t27-/m1/s1. The first-order chi connectivity index (χ1) is 17.5. The molecule has 0 bridgehead atoms. The maximum atomic E-state index is 12.4. The molecule has 0 spiro atoms. The highest BCUT2D eigenvalue weighted by Crippen LogP contribution is 2.21. The topological polar surface area (TPSA) is 92.6 Å². The number of nitriles is 1. The van der Waals surface area contributed by atoms with Gasteiger partial charge in [0, 0.05) is 31.2 Å². The SMILES string of the molecule is CN(C)CCNC(=O)CC[C@H](Cc1ccccc1)N/C(=N/C#N)Nc1ccc(-c2ccccc2)cc1. The van der Waals surface area contributed by atoms with E-state index in [1.165, 1.54) is 0 Å². The Labute approximate surface area is 213 Å². The molecule has 0 saturated carbocycles. The molecular formula is C29H34N6O. The third-order valence-electron chi connectivity index (χ3n) is 5.68. The van der Waals surface area contributed by atoms with Crippen LogP contribution in [0.2, 0.25) is 0 Å². The van der Waals surface area contributed by atoms with E-state index in [1.54, 1.807) is 0 Å². The Kier molecular flexibility index (Phi) is 10.5. The predicted octanol–water partition coefficient (Wildman–Crippen LogP) is 4.26. The summed E-state index contributed by atoms with van der Waals surface area (Å²) in [6.07, 6.45) is 3.55. The average molecular weight is 483 g/mol. The highest BCUT2D eigenvalue weighted by molar-refractivity contribution is 5.94. The van der Waals surface area contributed by atoms with Crippen LogP contribution < -0.4 is 16.0 Å². The minimum atomic E-state index is -0.0878. The van der Waals surface area contributed by atoms with Gasteiger partial charge < -0.3 is 20.9 Å². The Balaban J connectivity index is 1.66. The van der Waals surface area contributed by atoms with Crippen LogP contribution in [0, 0.1) is 11.5 Å². The zero-order valence-electron chi connectivity index (χ0n) is 20.9. The molecule has 36 heavy (non-hydrogen) atoms. The van der Waals surface area contributed by atoms with Crippen molar-refractivity contribution in [1.82, 2.24) is 15.5 Å². The number of nitrogens with one attached hydrogen (secondary N) is 3. The largest absolute Gasteiger partial charge is 0.355 e. The molecule has 1 atom stereocenters. The number of hydrogen-bond acceptors (Lipinski definition) is 4. The zero-order valence-corrected chi connectivity index (χ0v) is 20.9. The number of carbonyl (C=O) groups excluding carboxylic acids is 1. The van der Waals surface area contributed by atoms with Crippen LogP contribution in [-0.2, 0) is 11.2 Å². The van der Waals surface area contributed by atoms with Gasteiger partial charge in [0.15, 0.2) is 0 Å². The van der Waals surface area contributed by atoms with E-state index in [0.29, 0.717) is 31.8 Å². The normalized spacial score (nSPS) is 12.0. The molecule has 7 heteroatoms. The molecule has 3 aromatic carbocycles. The Morgan fingerprint density at radius 2 is 1.58 bits per heavy atom. The van der Waals surface area contributed by atoms with Gasteiger partial charge in [-0.1, -0.05) is 72.8 Å². The van der Waals surface area contributed by atoms with Gasteiger partial charge in [-0.3, -0.25) is 4.79 Å². The Hall–Kier alpha value is -4.15. The Morgan fingerprint density at radius 1 is 0.944 bits per heavy atom. The second kappa shape index (κ2) is 14.3. The van der Waals surface area contributed by atoms with E-state index < -0.39 is 0 Å². The molecule has 0 saturated heterocycles. The molecule has 0 aliphatic rings. The number of anilines is 1. The zero-order chi connectivity index (χ0) is 25.6. The number of aliphatic imine (C=N–C) groups is 1. The van der Waals surface area contributed by atoms with E-state index in [1.807, 2.05) is 85.9 Å². The molecule has 3 N–H and O–H groups in total. The number of amides is 1. The van der Waals surface area contributed by atoms with Gasteiger partial charge in [0.25, 0.3) is 0 Å². The molecule has 0 aliphatic heterocycles. The van der Waals surface area contributed by atoms with Gasteiger partial charge >= 0.3 is 0 Å². The second-order valence-corrected chi connectivity index (χ2v) is 8.85. The highest BCUT2D eigenvalue weighted by Gasteiger charge is 2.15. The molecule has 7 nitrogen and oxygen atoms in total. The first-order valence-electron chi connectivity index (χ1n) is 12.1. The first-order valence-corrected chi connectivity index (χ1v) is 12.1. The van der Waals surface area contributed by atoms with Crippen LogP contribution in [0.4, 0.5) is 5.69 Å². The van der Waals surface area contributed by atoms with Crippen molar-refractivity contribution in [2.75, 3.05) is 32.5 Å². The van der Waals surface area contributed by atoms with E-state index >= 15 is 0 Å². The fraction of sp³-hybridized carbons (Fsp3) is 0.276. The van der Waals surface area contributed by atoms with E-state index in [9.17, 15) is 10.1 Å². The summed E-state index contributed by atoms with van der Waals surface area (Å²) in [4.78, 5) is 18.4. The van der Waals surface area contributed by atoms with Gasteiger partial charge in [0.05, 0.1) is 0 Å². The molecule has 0 aromatic heterocycles.